The van der Waals surface area contributed by atoms with Gasteiger partial charge in [0, 0.05) is 26.7 Å². The number of aromatic nitrogens is 3. The highest BCUT2D eigenvalue weighted by atomic mass is 16.7. The van der Waals surface area contributed by atoms with E-state index in [1.807, 2.05) is 13.8 Å². The van der Waals surface area contributed by atoms with Crippen molar-refractivity contribution in [3.05, 3.63) is 12.2 Å². The first-order valence-corrected chi connectivity index (χ1v) is 5.58. The lowest BCUT2D eigenvalue weighted by molar-refractivity contribution is -0.208. The van der Waals surface area contributed by atoms with Crippen molar-refractivity contribution in [1.29, 1.82) is 0 Å². The molecule has 6 nitrogen and oxygen atoms in total. The van der Waals surface area contributed by atoms with Crippen molar-refractivity contribution in [2.45, 2.75) is 45.1 Å². The predicted octanol–water partition coefficient (Wildman–Crippen LogP) is 0.771. The molecule has 0 bridgehead atoms. The van der Waals surface area contributed by atoms with E-state index in [1.54, 1.807) is 11.6 Å². The Morgan fingerprint density at radius 1 is 1.41 bits per heavy atom. The molecule has 1 rings (SSSR count). The third-order valence-electron chi connectivity index (χ3n) is 2.59. The van der Waals surface area contributed by atoms with E-state index in [1.165, 1.54) is 20.5 Å². The van der Waals surface area contributed by atoms with E-state index in [9.17, 15) is 5.11 Å². The van der Waals surface area contributed by atoms with Crippen LogP contribution in [0.5, 0.6) is 0 Å². The Kier molecular flexibility index (Phi) is 4.62. The normalized spacial score (nSPS) is 15.5. The third-order valence-corrected chi connectivity index (χ3v) is 2.59. The van der Waals surface area contributed by atoms with E-state index in [4.69, 9.17) is 9.47 Å². The summed E-state index contributed by atoms with van der Waals surface area (Å²) in [4.78, 5) is 4.15. The highest BCUT2D eigenvalue weighted by Crippen LogP contribution is 2.20. The van der Waals surface area contributed by atoms with Gasteiger partial charge in [-0.05, 0) is 20.8 Å². The van der Waals surface area contributed by atoms with Crippen molar-refractivity contribution >= 4 is 0 Å². The van der Waals surface area contributed by atoms with Crippen molar-refractivity contribution in [3.8, 4) is 0 Å². The van der Waals surface area contributed by atoms with E-state index in [-0.39, 0.29) is 6.04 Å². The Hall–Kier alpha value is -0.980. The predicted molar refractivity (Wildman–Crippen MR) is 62.5 cm³/mol. The lowest BCUT2D eigenvalue weighted by Crippen LogP contribution is -2.44. The molecule has 0 aromatic carbocycles. The van der Waals surface area contributed by atoms with Gasteiger partial charge in [0.2, 0.25) is 0 Å². The second-order valence-corrected chi connectivity index (χ2v) is 4.55. The molecule has 1 heterocycles. The lowest BCUT2D eigenvalue weighted by atomic mass is 10.0. The SMILES string of the molecule is COC(OC)C(C)(O)Cc1ncnn1C(C)C. The zero-order chi connectivity index (χ0) is 13.1. The standard InChI is InChI=1S/C11H21N3O3/c1-8(2)14-9(12-7-13-14)6-11(3,15)10(16-4)17-5/h7-8,10,15H,6H2,1-5H3. The van der Waals surface area contributed by atoms with Crippen LogP contribution in [-0.2, 0) is 15.9 Å². The summed E-state index contributed by atoms with van der Waals surface area (Å²) in [5.41, 5.74) is -1.15. The molecule has 98 valence electrons. The van der Waals surface area contributed by atoms with Crippen molar-refractivity contribution < 1.29 is 14.6 Å². The van der Waals surface area contributed by atoms with Gasteiger partial charge in [0.15, 0.2) is 6.29 Å². The van der Waals surface area contributed by atoms with E-state index in [0.29, 0.717) is 12.2 Å². The highest BCUT2D eigenvalue weighted by molar-refractivity contribution is 4.95. The first kappa shape index (κ1) is 14.1. The first-order valence-electron chi connectivity index (χ1n) is 5.58. The highest BCUT2D eigenvalue weighted by Gasteiger charge is 2.34. The molecule has 1 unspecified atom stereocenters. The van der Waals surface area contributed by atoms with Crippen molar-refractivity contribution in [3.63, 3.8) is 0 Å². The molecule has 1 atom stereocenters. The Labute approximate surface area is 102 Å². The van der Waals surface area contributed by atoms with Crippen LogP contribution in [0.4, 0.5) is 0 Å². The third kappa shape index (κ3) is 3.24. The van der Waals surface area contributed by atoms with Crippen molar-refractivity contribution in [2.75, 3.05) is 14.2 Å². The molecule has 0 saturated heterocycles. The summed E-state index contributed by atoms with van der Waals surface area (Å²) >= 11 is 0. The molecule has 17 heavy (non-hydrogen) atoms. The fraction of sp³-hybridized carbons (Fsp3) is 0.818. The number of rotatable bonds is 6. The summed E-state index contributed by atoms with van der Waals surface area (Å²) in [6, 6.07) is 0.201. The van der Waals surface area contributed by atoms with Crippen LogP contribution in [0.1, 0.15) is 32.6 Å². The van der Waals surface area contributed by atoms with Crippen molar-refractivity contribution in [1.82, 2.24) is 14.8 Å². The Bertz CT molecular complexity index is 345. The van der Waals surface area contributed by atoms with E-state index >= 15 is 0 Å². The lowest BCUT2D eigenvalue weighted by Gasteiger charge is -2.30. The number of hydrogen-bond acceptors (Lipinski definition) is 5. The van der Waals surface area contributed by atoms with Gasteiger partial charge in [0.05, 0.1) is 0 Å². The number of nitrogens with zero attached hydrogens (tertiary/aromatic N) is 3. The van der Waals surface area contributed by atoms with Crippen LogP contribution in [0.2, 0.25) is 0 Å². The number of hydrogen-bond donors (Lipinski definition) is 1. The van der Waals surface area contributed by atoms with Gasteiger partial charge in [0.1, 0.15) is 17.8 Å². The van der Waals surface area contributed by atoms with E-state index < -0.39 is 11.9 Å². The topological polar surface area (TPSA) is 69.4 Å². The maximum atomic E-state index is 10.3. The summed E-state index contributed by atoms with van der Waals surface area (Å²) in [7, 11) is 2.99. The largest absolute Gasteiger partial charge is 0.384 e. The zero-order valence-electron chi connectivity index (χ0n) is 11.0. The van der Waals surface area contributed by atoms with Crippen LogP contribution in [0.25, 0.3) is 0 Å². The maximum absolute atomic E-state index is 10.3. The van der Waals surface area contributed by atoms with Gasteiger partial charge in [0.25, 0.3) is 0 Å². The Morgan fingerprint density at radius 3 is 2.47 bits per heavy atom. The fourth-order valence-corrected chi connectivity index (χ4v) is 1.84. The van der Waals surface area contributed by atoms with Gasteiger partial charge in [-0.15, -0.1) is 0 Å². The summed E-state index contributed by atoms with van der Waals surface area (Å²) < 4.78 is 11.9. The first-order chi connectivity index (χ1) is 7.92. The quantitative estimate of drug-likeness (QED) is 0.747. The summed E-state index contributed by atoms with van der Waals surface area (Å²) in [6.45, 7) is 5.68. The molecule has 0 radical (unpaired) electrons. The van der Waals surface area contributed by atoms with Gasteiger partial charge in [-0.3, -0.25) is 0 Å². The van der Waals surface area contributed by atoms with Crippen LogP contribution in [0, 0.1) is 0 Å². The molecule has 0 aliphatic heterocycles. The molecule has 1 aromatic heterocycles. The summed E-state index contributed by atoms with van der Waals surface area (Å²) in [5.74, 6) is 0.712. The van der Waals surface area contributed by atoms with Gasteiger partial charge in [-0.2, -0.15) is 5.10 Å². The average Bonchev–Trinajstić information content (AvgIpc) is 2.66. The molecule has 0 amide bonds. The summed E-state index contributed by atoms with van der Waals surface area (Å²) in [5, 5.41) is 14.4. The van der Waals surface area contributed by atoms with Gasteiger partial charge in [-0.25, -0.2) is 9.67 Å². The minimum atomic E-state index is -1.15. The molecule has 1 N–H and O–H groups in total. The molecule has 1 aromatic rings. The van der Waals surface area contributed by atoms with Crippen molar-refractivity contribution in [2.24, 2.45) is 0 Å². The Morgan fingerprint density at radius 2 is 2.00 bits per heavy atom. The molecular weight excluding hydrogens is 222 g/mol. The molecule has 0 aliphatic rings. The van der Waals surface area contributed by atoms with Crippen LogP contribution in [0.3, 0.4) is 0 Å². The second-order valence-electron chi connectivity index (χ2n) is 4.55. The minimum absolute atomic E-state index is 0.201. The van der Waals surface area contributed by atoms with Crippen LogP contribution in [0.15, 0.2) is 6.33 Å². The smallest absolute Gasteiger partial charge is 0.185 e. The average molecular weight is 243 g/mol. The molecule has 0 saturated carbocycles. The maximum Gasteiger partial charge on any atom is 0.185 e. The van der Waals surface area contributed by atoms with Crippen LogP contribution < -0.4 is 0 Å². The van der Waals surface area contributed by atoms with Gasteiger partial charge < -0.3 is 14.6 Å². The number of methoxy groups -OCH3 is 2. The van der Waals surface area contributed by atoms with Gasteiger partial charge in [-0.1, -0.05) is 0 Å². The number of aliphatic hydroxyl groups is 1. The van der Waals surface area contributed by atoms with Gasteiger partial charge >= 0.3 is 0 Å². The fourth-order valence-electron chi connectivity index (χ4n) is 1.84. The zero-order valence-corrected chi connectivity index (χ0v) is 11.0. The molecular formula is C11H21N3O3. The molecule has 0 aliphatic carbocycles. The molecule has 0 spiro atoms. The molecule has 6 heteroatoms. The number of ether oxygens (including phenoxy) is 2. The monoisotopic (exact) mass is 243 g/mol. The Balaban J connectivity index is 2.85. The summed E-state index contributed by atoms with van der Waals surface area (Å²) in [6.07, 6.45) is 1.11. The van der Waals surface area contributed by atoms with Crippen LogP contribution in [-0.4, -0.2) is 46.0 Å². The van der Waals surface area contributed by atoms with E-state index in [2.05, 4.69) is 10.1 Å². The molecule has 0 fully saturated rings. The second kappa shape index (κ2) is 5.57. The van der Waals surface area contributed by atoms with E-state index in [0.717, 1.165) is 0 Å². The van der Waals surface area contributed by atoms with Crippen LogP contribution >= 0.6 is 0 Å². The minimum Gasteiger partial charge on any atom is -0.384 e.